The van der Waals surface area contributed by atoms with Gasteiger partial charge in [0.15, 0.2) is 0 Å². The number of hydrogen-bond donors (Lipinski definition) is 2. The minimum atomic E-state index is -4.23. The minimum absolute atomic E-state index is 0.597. The van der Waals surface area contributed by atoms with Crippen molar-refractivity contribution in [2.45, 2.75) is 32.5 Å². The summed E-state index contributed by atoms with van der Waals surface area (Å²) >= 11 is 0. The molecule has 0 heterocycles. The van der Waals surface area contributed by atoms with Crippen LogP contribution in [-0.2, 0) is 0 Å². The first-order valence-electron chi connectivity index (χ1n) is 4.93. The zero-order valence-electron chi connectivity index (χ0n) is 9.23. The van der Waals surface area contributed by atoms with Crippen molar-refractivity contribution in [1.82, 2.24) is 5.43 Å². The average Bonchev–Trinajstić information content (AvgIpc) is 2.17. The van der Waals surface area contributed by atoms with E-state index in [2.05, 4.69) is 5.43 Å². The van der Waals surface area contributed by atoms with Gasteiger partial charge < -0.3 is 0 Å². The summed E-state index contributed by atoms with van der Waals surface area (Å²) in [6.45, 7) is 3.61. The second kappa shape index (κ2) is 4.84. The predicted octanol–water partition coefficient (Wildman–Crippen LogP) is 2.76. The predicted molar refractivity (Wildman–Crippen MR) is 56.7 cm³/mol. The van der Waals surface area contributed by atoms with Gasteiger partial charge >= 0.3 is 6.18 Å². The summed E-state index contributed by atoms with van der Waals surface area (Å²) in [5.74, 6) is 5.18. The lowest BCUT2D eigenvalue weighted by Gasteiger charge is -2.20. The van der Waals surface area contributed by atoms with Crippen molar-refractivity contribution >= 4 is 0 Å². The van der Waals surface area contributed by atoms with E-state index in [0.717, 1.165) is 11.1 Å². The number of hydrogen-bond acceptors (Lipinski definition) is 2. The number of nitrogens with one attached hydrogen (secondary N) is 1. The molecule has 0 aliphatic carbocycles. The van der Waals surface area contributed by atoms with Gasteiger partial charge in [0.1, 0.15) is 0 Å². The smallest absolute Gasteiger partial charge is 0.271 e. The number of rotatable bonds is 3. The van der Waals surface area contributed by atoms with Crippen LogP contribution in [0.5, 0.6) is 0 Å². The molecular weight excluding hydrogens is 217 g/mol. The third kappa shape index (κ3) is 3.50. The van der Waals surface area contributed by atoms with Gasteiger partial charge in [-0.3, -0.25) is 11.3 Å². The molecule has 0 aliphatic rings. The van der Waals surface area contributed by atoms with E-state index in [1.165, 1.54) is 0 Å². The first-order chi connectivity index (χ1) is 7.33. The summed E-state index contributed by atoms with van der Waals surface area (Å²) in [4.78, 5) is 0. The minimum Gasteiger partial charge on any atom is -0.271 e. The fraction of sp³-hybridized carbons (Fsp3) is 0.455. The van der Waals surface area contributed by atoms with Gasteiger partial charge in [-0.1, -0.05) is 23.8 Å². The summed E-state index contributed by atoms with van der Waals surface area (Å²) in [5.41, 5.74) is 4.54. The van der Waals surface area contributed by atoms with E-state index in [-0.39, 0.29) is 0 Å². The molecule has 16 heavy (non-hydrogen) atoms. The van der Waals surface area contributed by atoms with E-state index < -0.39 is 18.6 Å². The molecule has 90 valence electrons. The molecule has 1 aromatic carbocycles. The van der Waals surface area contributed by atoms with Crippen molar-refractivity contribution < 1.29 is 13.2 Å². The van der Waals surface area contributed by atoms with Crippen LogP contribution in [0.1, 0.15) is 29.2 Å². The molecular formula is C11H15F3N2. The van der Waals surface area contributed by atoms with E-state index in [9.17, 15) is 13.2 Å². The van der Waals surface area contributed by atoms with Gasteiger partial charge in [-0.15, -0.1) is 0 Å². The maximum atomic E-state index is 12.3. The van der Waals surface area contributed by atoms with Gasteiger partial charge in [-0.2, -0.15) is 13.2 Å². The molecule has 1 aromatic rings. The van der Waals surface area contributed by atoms with Crippen LogP contribution in [0.4, 0.5) is 13.2 Å². The molecule has 2 nitrogen and oxygen atoms in total. The first kappa shape index (κ1) is 13.0. The highest BCUT2D eigenvalue weighted by Crippen LogP contribution is 2.30. The molecule has 0 aromatic heterocycles. The van der Waals surface area contributed by atoms with Crippen molar-refractivity contribution in [3.8, 4) is 0 Å². The van der Waals surface area contributed by atoms with Crippen molar-refractivity contribution in [2.24, 2.45) is 5.84 Å². The Kier molecular flexibility index (Phi) is 3.93. The van der Waals surface area contributed by atoms with Gasteiger partial charge in [0.05, 0.1) is 12.5 Å². The number of hydrazine groups is 1. The largest absolute Gasteiger partial charge is 0.390 e. The molecule has 0 radical (unpaired) electrons. The van der Waals surface area contributed by atoms with Crippen LogP contribution in [0.3, 0.4) is 0 Å². The van der Waals surface area contributed by atoms with Crippen molar-refractivity contribution in [1.29, 1.82) is 0 Å². The summed E-state index contributed by atoms with van der Waals surface area (Å²) in [6, 6.07) is 4.50. The Morgan fingerprint density at radius 1 is 1.31 bits per heavy atom. The molecule has 0 fully saturated rings. The number of benzene rings is 1. The van der Waals surface area contributed by atoms with E-state index >= 15 is 0 Å². The highest BCUT2D eigenvalue weighted by Gasteiger charge is 2.32. The Bertz CT molecular complexity index is 361. The highest BCUT2D eigenvalue weighted by molar-refractivity contribution is 5.33. The number of halogens is 3. The molecule has 5 heteroatoms. The zero-order chi connectivity index (χ0) is 12.3. The fourth-order valence-corrected chi connectivity index (χ4v) is 1.63. The molecule has 0 aliphatic heterocycles. The molecule has 1 atom stereocenters. The maximum Gasteiger partial charge on any atom is 0.390 e. The topological polar surface area (TPSA) is 38.0 Å². The van der Waals surface area contributed by atoms with Crippen LogP contribution >= 0.6 is 0 Å². The summed E-state index contributed by atoms with van der Waals surface area (Å²) in [5, 5.41) is 0. The fourth-order valence-electron chi connectivity index (χ4n) is 1.63. The number of alkyl halides is 3. The van der Waals surface area contributed by atoms with Gasteiger partial charge in [0, 0.05) is 0 Å². The Morgan fingerprint density at radius 3 is 2.44 bits per heavy atom. The lowest BCUT2D eigenvalue weighted by Crippen LogP contribution is -2.32. The molecule has 1 unspecified atom stereocenters. The van der Waals surface area contributed by atoms with Gasteiger partial charge in [-0.25, -0.2) is 0 Å². The van der Waals surface area contributed by atoms with Crippen LogP contribution in [0.2, 0.25) is 0 Å². The van der Waals surface area contributed by atoms with Gasteiger partial charge in [0.25, 0.3) is 0 Å². The van der Waals surface area contributed by atoms with Crippen LogP contribution in [0.15, 0.2) is 18.2 Å². The van der Waals surface area contributed by atoms with E-state index in [0.29, 0.717) is 5.56 Å². The van der Waals surface area contributed by atoms with Crippen LogP contribution in [0, 0.1) is 13.8 Å². The summed E-state index contributed by atoms with van der Waals surface area (Å²) in [6.07, 6.45) is -5.19. The van der Waals surface area contributed by atoms with Crippen LogP contribution in [0.25, 0.3) is 0 Å². The van der Waals surface area contributed by atoms with E-state index in [4.69, 9.17) is 5.84 Å². The van der Waals surface area contributed by atoms with Crippen LogP contribution < -0.4 is 11.3 Å². The monoisotopic (exact) mass is 232 g/mol. The molecule has 0 spiro atoms. The third-order valence-electron chi connectivity index (χ3n) is 2.45. The Labute approximate surface area is 92.6 Å². The van der Waals surface area contributed by atoms with Gasteiger partial charge in [0.2, 0.25) is 0 Å². The molecule has 0 saturated carbocycles. The quantitative estimate of drug-likeness (QED) is 0.621. The highest BCUT2D eigenvalue weighted by atomic mass is 19.4. The Hall–Kier alpha value is -1.07. The first-order valence-corrected chi connectivity index (χ1v) is 4.93. The Balaban J connectivity index is 2.99. The maximum absolute atomic E-state index is 12.3. The second-order valence-electron chi connectivity index (χ2n) is 3.90. The third-order valence-corrected chi connectivity index (χ3v) is 2.45. The Morgan fingerprint density at radius 2 is 1.94 bits per heavy atom. The molecule has 3 N–H and O–H groups in total. The molecule has 0 saturated heterocycles. The van der Waals surface area contributed by atoms with E-state index in [1.54, 1.807) is 19.1 Å². The normalized spacial score (nSPS) is 13.9. The van der Waals surface area contributed by atoms with Crippen molar-refractivity contribution in [3.05, 3.63) is 34.9 Å². The molecule has 0 bridgehead atoms. The number of aryl methyl sites for hydroxylation is 2. The summed E-state index contributed by atoms with van der Waals surface area (Å²) in [7, 11) is 0. The standard InChI is InChI=1S/C11H15F3N2/c1-7-3-4-8(2)9(5-7)10(16-15)6-11(12,13)14/h3-5,10,16H,6,15H2,1-2H3. The lowest BCUT2D eigenvalue weighted by molar-refractivity contribution is -0.140. The zero-order valence-corrected chi connectivity index (χ0v) is 9.23. The molecule has 1 rings (SSSR count). The second-order valence-corrected chi connectivity index (χ2v) is 3.90. The number of nitrogens with two attached hydrogens (primary N) is 1. The van der Waals surface area contributed by atoms with Crippen molar-refractivity contribution in [2.75, 3.05) is 0 Å². The van der Waals surface area contributed by atoms with Crippen molar-refractivity contribution in [3.63, 3.8) is 0 Å². The van der Waals surface area contributed by atoms with E-state index in [1.807, 2.05) is 13.0 Å². The summed E-state index contributed by atoms with van der Waals surface area (Å²) < 4.78 is 36.9. The van der Waals surface area contributed by atoms with Crippen LogP contribution in [-0.4, -0.2) is 6.18 Å². The average molecular weight is 232 g/mol. The molecule has 0 amide bonds. The van der Waals surface area contributed by atoms with Gasteiger partial charge in [-0.05, 0) is 25.0 Å². The SMILES string of the molecule is Cc1ccc(C)c(C(CC(F)(F)F)NN)c1. The lowest BCUT2D eigenvalue weighted by atomic mass is 9.97.